The summed E-state index contributed by atoms with van der Waals surface area (Å²) in [6, 6.07) is 5.63. The number of anilines is 1. The Hall–Kier alpha value is -1.79. The van der Waals surface area contributed by atoms with Crippen LogP contribution in [0.4, 0.5) is 14.5 Å². The van der Waals surface area contributed by atoms with E-state index in [2.05, 4.69) is 5.32 Å². The van der Waals surface area contributed by atoms with Crippen molar-refractivity contribution >= 4 is 72.3 Å². The van der Waals surface area contributed by atoms with Crippen LogP contribution in [-0.2, 0) is 14.6 Å². The summed E-state index contributed by atoms with van der Waals surface area (Å²) in [6.07, 6.45) is 0.226. The molecule has 190 valence electrons. The molecule has 1 saturated heterocycles. The van der Waals surface area contributed by atoms with Crippen molar-refractivity contribution in [2.24, 2.45) is 5.92 Å². The number of carbonyl (C=O) groups excluding carboxylic acids is 1. The molecule has 1 aliphatic heterocycles. The number of halogens is 3. The molecule has 3 rings (SSSR count). The van der Waals surface area contributed by atoms with E-state index < -0.39 is 70.9 Å². The van der Waals surface area contributed by atoms with Gasteiger partial charge in [-0.25, -0.2) is 17.2 Å². The zero-order valence-electron chi connectivity index (χ0n) is 20.1. The highest BCUT2D eigenvalue weighted by Crippen LogP contribution is 2.60. The highest BCUT2D eigenvalue weighted by molar-refractivity contribution is 7.94. The second-order valence-electron chi connectivity index (χ2n) is 9.14. The van der Waals surface area contributed by atoms with Gasteiger partial charge in [0, 0.05) is 33.3 Å². The van der Waals surface area contributed by atoms with Gasteiger partial charge in [-0.15, -0.1) is 0 Å². The topological polar surface area (TPSA) is 113 Å². The summed E-state index contributed by atoms with van der Waals surface area (Å²) in [4.78, 5) is 12.0. The van der Waals surface area contributed by atoms with Gasteiger partial charge in [-0.3, -0.25) is 4.79 Å². The normalized spacial score (nSPS) is 26.5. The van der Waals surface area contributed by atoms with Crippen LogP contribution in [0.3, 0.4) is 0 Å². The van der Waals surface area contributed by atoms with Crippen LogP contribution in [0, 0.1) is 17.6 Å². The molecule has 7 nitrogen and oxygen atoms in total. The number of sulfone groups is 1. The summed E-state index contributed by atoms with van der Waals surface area (Å²) in [6.45, 7) is 0.569. The fraction of sp³-hybridized carbons (Fsp3) is 0.409. The van der Waals surface area contributed by atoms with Gasteiger partial charge in [-0.1, -0.05) is 30.2 Å². The fourth-order valence-electron chi connectivity index (χ4n) is 4.55. The lowest BCUT2D eigenvalue weighted by Gasteiger charge is -2.66. The molecule has 0 bridgehead atoms. The highest BCUT2D eigenvalue weighted by Gasteiger charge is 2.69. The minimum absolute atomic E-state index is 0.0704. The van der Waals surface area contributed by atoms with Gasteiger partial charge in [0.15, 0.2) is 27.3 Å². The number of nitrogens with one attached hydrogen (secondary N) is 1. The Kier molecular flexibility index (Phi) is 8.35. The number of aliphatic hydroxyl groups is 2. The maximum atomic E-state index is 14.0. The lowest BCUT2D eigenvalue weighted by atomic mass is 9.28. The van der Waals surface area contributed by atoms with Crippen molar-refractivity contribution in [3.63, 3.8) is 0 Å². The molecule has 0 saturated carbocycles. The molecule has 2 aromatic rings. The van der Waals surface area contributed by atoms with Crippen molar-refractivity contribution in [3.05, 3.63) is 58.6 Å². The number of ether oxygens (including phenoxy) is 1. The van der Waals surface area contributed by atoms with E-state index in [1.807, 2.05) is 0 Å². The molecule has 2 aromatic carbocycles. The van der Waals surface area contributed by atoms with Gasteiger partial charge in [0.05, 0.1) is 40.1 Å². The van der Waals surface area contributed by atoms with Gasteiger partial charge < -0.3 is 20.3 Å². The SMILES string of the molecule is [B]C1([B])O[C@](O)(CO)[C@@H](CCC)C([B])([B])[C@]1([B])S(=O)(=O)c1cc(C(=O)Nc2ccc(F)c(F)c2)ccc1Cl. The summed E-state index contributed by atoms with van der Waals surface area (Å²) in [5, 5.41) is 16.9. The minimum Gasteiger partial charge on any atom is -0.391 e. The first-order valence-corrected chi connectivity index (χ1v) is 13.0. The van der Waals surface area contributed by atoms with Gasteiger partial charge in [-0.2, -0.15) is 0 Å². The van der Waals surface area contributed by atoms with Crippen LogP contribution < -0.4 is 5.32 Å². The third kappa shape index (κ3) is 4.74. The smallest absolute Gasteiger partial charge is 0.255 e. The van der Waals surface area contributed by atoms with Crippen LogP contribution >= 0.6 is 11.6 Å². The Bertz CT molecular complexity index is 1370. The van der Waals surface area contributed by atoms with Crippen LogP contribution in [0.2, 0.25) is 10.2 Å². The predicted octanol–water partition coefficient (Wildman–Crippen LogP) is 1.08. The van der Waals surface area contributed by atoms with E-state index in [0.29, 0.717) is 6.42 Å². The number of hydrogen-bond donors (Lipinski definition) is 3. The molecule has 3 N–H and O–H groups in total. The fourth-order valence-corrected chi connectivity index (χ4v) is 6.99. The maximum absolute atomic E-state index is 14.0. The molecule has 1 amide bonds. The first-order chi connectivity index (χ1) is 17.4. The molecule has 1 aliphatic rings. The quantitative estimate of drug-likeness (QED) is 0.443. The third-order valence-electron chi connectivity index (χ3n) is 6.58. The van der Waals surface area contributed by atoms with E-state index in [9.17, 15) is 32.2 Å². The zero-order valence-corrected chi connectivity index (χ0v) is 21.7. The van der Waals surface area contributed by atoms with Gasteiger partial charge in [0.1, 0.15) is 15.7 Å². The van der Waals surface area contributed by atoms with Crippen LogP contribution in [0.25, 0.3) is 0 Å². The number of amides is 1. The van der Waals surface area contributed by atoms with Crippen LogP contribution in [-0.4, -0.2) is 86.2 Å². The molecule has 3 atom stereocenters. The second-order valence-corrected chi connectivity index (χ2v) is 11.6. The Morgan fingerprint density at radius 1 is 1.11 bits per heavy atom. The largest absolute Gasteiger partial charge is 0.391 e. The Balaban J connectivity index is 2.14. The lowest BCUT2D eigenvalue weighted by Crippen LogP contribution is -2.78. The van der Waals surface area contributed by atoms with Gasteiger partial charge in [0.2, 0.25) is 0 Å². The van der Waals surface area contributed by atoms with Crippen LogP contribution in [0.1, 0.15) is 30.1 Å². The van der Waals surface area contributed by atoms with Crippen LogP contribution in [0.5, 0.6) is 0 Å². The van der Waals surface area contributed by atoms with Crippen LogP contribution in [0.15, 0.2) is 41.3 Å². The number of rotatable bonds is 7. The van der Waals surface area contributed by atoms with Crippen molar-refractivity contribution in [3.8, 4) is 0 Å². The van der Waals surface area contributed by atoms with Gasteiger partial charge in [-0.05, 0) is 36.8 Å². The number of benzene rings is 2. The summed E-state index contributed by atoms with van der Waals surface area (Å²) < 4.78 is 57.0. The average molecular weight is 553 g/mol. The molecule has 0 aromatic heterocycles. The molecule has 1 heterocycles. The molecular weight excluding hydrogens is 534 g/mol. The molecule has 1 fully saturated rings. The Labute approximate surface area is 231 Å². The monoisotopic (exact) mass is 553 g/mol. The van der Waals surface area contributed by atoms with Crippen molar-refractivity contribution in [2.45, 2.75) is 45.7 Å². The number of aliphatic hydroxyl groups excluding tert-OH is 1. The summed E-state index contributed by atoms with van der Waals surface area (Å²) in [5.74, 6) is -7.34. The first-order valence-electron chi connectivity index (χ1n) is 11.2. The molecule has 38 heavy (non-hydrogen) atoms. The molecular formula is C22H19B5ClF2NO6S. The van der Waals surface area contributed by atoms with E-state index in [1.165, 1.54) is 0 Å². The number of hydrogen-bond acceptors (Lipinski definition) is 6. The molecule has 0 spiro atoms. The summed E-state index contributed by atoms with van der Waals surface area (Å²) >= 11 is 6.18. The molecule has 10 radical (unpaired) electrons. The van der Waals surface area contributed by atoms with E-state index in [0.717, 1.165) is 36.4 Å². The molecule has 16 heteroatoms. The van der Waals surface area contributed by atoms with Crippen molar-refractivity contribution in [1.29, 1.82) is 0 Å². The highest BCUT2D eigenvalue weighted by atomic mass is 35.5. The third-order valence-corrected chi connectivity index (χ3v) is 9.46. The van der Waals surface area contributed by atoms with Crippen molar-refractivity contribution < 1.29 is 36.9 Å². The van der Waals surface area contributed by atoms with E-state index >= 15 is 0 Å². The minimum atomic E-state index is -5.12. The zero-order chi connectivity index (χ0) is 28.9. The number of carbonyl (C=O) groups is 1. The van der Waals surface area contributed by atoms with Gasteiger partial charge >= 0.3 is 0 Å². The first kappa shape index (κ1) is 30.8. The molecule has 0 unspecified atom stereocenters. The summed E-state index contributed by atoms with van der Waals surface area (Å²) in [5.41, 5.74) is -0.421. The standard InChI is InChI=1S/C22H19B5ClF2NO6S/c1-2-3-17-19(34,10-32)37-22(26,27)21(25,20(17,23)24)38(35,36)16-8-11(4-6-13(16)28)18(33)31-12-5-7-14(29)15(30)9-12/h4-9,17,32,34H,2-3,10H2,1H3,(H,31,33)/t17-,19-,21+/m1/s1. The molecule has 0 aliphatic carbocycles. The average Bonchev–Trinajstić information content (AvgIpc) is 2.82. The van der Waals surface area contributed by atoms with Gasteiger partial charge in [0.25, 0.3) is 5.91 Å². The van der Waals surface area contributed by atoms with E-state index in [4.69, 9.17) is 55.6 Å². The van der Waals surface area contributed by atoms with E-state index in [-0.39, 0.29) is 17.7 Å². The lowest BCUT2D eigenvalue weighted by molar-refractivity contribution is -0.299. The van der Waals surface area contributed by atoms with Crippen molar-refractivity contribution in [2.75, 3.05) is 11.9 Å². The maximum Gasteiger partial charge on any atom is 0.255 e. The second kappa shape index (κ2) is 10.3. The Morgan fingerprint density at radius 2 is 1.74 bits per heavy atom. The van der Waals surface area contributed by atoms with E-state index in [1.54, 1.807) is 6.92 Å². The van der Waals surface area contributed by atoms with Crippen molar-refractivity contribution in [1.82, 2.24) is 0 Å². The predicted molar refractivity (Wildman–Crippen MR) is 141 cm³/mol. The Morgan fingerprint density at radius 3 is 2.29 bits per heavy atom. The summed E-state index contributed by atoms with van der Waals surface area (Å²) in [7, 11) is 25.7.